The van der Waals surface area contributed by atoms with Gasteiger partial charge in [0.05, 0.1) is 4.90 Å². The molecule has 0 aromatic heterocycles. The molecule has 0 aliphatic carbocycles. The fourth-order valence-corrected chi connectivity index (χ4v) is 4.05. The van der Waals surface area contributed by atoms with Gasteiger partial charge in [0.25, 0.3) is 0 Å². The summed E-state index contributed by atoms with van der Waals surface area (Å²) in [4.78, 5) is 12.1. The molecule has 0 fully saturated rings. The minimum absolute atomic E-state index is 0.0492. The highest BCUT2D eigenvalue weighted by Gasteiger charge is 2.24. The molecule has 0 spiro atoms. The van der Waals surface area contributed by atoms with Crippen molar-refractivity contribution < 1.29 is 17.6 Å². The summed E-state index contributed by atoms with van der Waals surface area (Å²) in [7, 11) is -3.72. The molecule has 0 aliphatic rings. The van der Waals surface area contributed by atoms with Crippen LogP contribution in [0, 0.1) is 5.82 Å². The van der Waals surface area contributed by atoms with Crippen LogP contribution < -0.4 is 10.0 Å². The number of hydrogen-bond donors (Lipinski definition) is 2. The molecular formula is C20H23FN2O3S. The van der Waals surface area contributed by atoms with Crippen molar-refractivity contribution in [3.8, 4) is 0 Å². The van der Waals surface area contributed by atoms with Crippen LogP contribution in [0.25, 0.3) is 6.08 Å². The molecule has 0 atom stereocenters. The minimum atomic E-state index is -3.72. The average Bonchev–Trinajstić information content (AvgIpc) is 2.56. The van der Waals surface area contributed by atoms with Gasteiger partial charge in [0.1, 0.15) is 5.82 Å². The molecule has 0 saturated carbocycles. The van der Waals surface area contributed by atoms with Gasteiger partial charge in [-0.1, -0.05) is 30.3 Å². The van der Waals surface area contributed by atoms with Gasteiger partial charge in [-0.25, -0.2) is 17.5 Å². The zero-order valence-electron chi connectivity index (χ0n) is 15.5. The third-order valence-corrected chi connectivity index (χ3v) is 5.29. The van der Waals surface area contributed by atoms with E-state index in [1.165, 1.54) is 30.4 Å². The van der Waals surface area contributed by atoms with E-state index in [-0.39, 0.29) is 17.3 Å². The van der Waals surface area contributed by atoms with Gasteiger partial charge in [-0.15, -0.1) is 0 Å². The highest BCUT2D eigenvalue weighted by molar-refractivity contribution is 7.89. The fourth-order valence-electron chi connectivity index (χ4n) is 2.39. The lowest BCUT2D eigenvalue weighted by molar-refractivity contribution is -0.116. The topological polar surface area (TPSA) is 75.3 Å². The summed E-state index contributed by atoms with van der Waals surface area (Å²) in [6.07, 6.45) is 2.77. The lowest BCUT2D eigenvalue weighted by Gasteiger charge is -2.21. The second-order valence-electron chi connectivity index (χ2n) is 7.07. The van der Waals surface area contributed by atoms with Crippen molar-refractivity contribution in [1.82, 2.24) is 10.0 Å². The predicted molar refractivity (Wildman–Crippen MR) is 104 cm³/mol. The van der Waals surface area contributed by atoms with E-state index >= 15 is 0 Å². The first kappa shape index (κ1) is 20.8. The van der Waals surface area contributed by atoms with Crippen molar-refractivity contribution in [3.63, 3.8) is 0 Å². The Hall–Kier alpha value is -2.51. The monoisotopic (exact) mass is 390 g/mol. The molecular weight excluding hydrogens is 367 g/mol. The van der Waals surface area contributed by atoms with Gasteiger partial charge in [-0.3, -0.25) is 4.79 Å². The van der Waals surface area contributed by atoms with Crippen molar-refractivity contribution in [3.05, 3.63) is 71.6 Å². The van der Waals surface area contributed by atoms with Gasteiger partial charge >= 0.3 is 0 Å². The van der Waals surface area contributed by atoms with E-state index in [0.29, 0.717) is 11.1 Å². The van der Waals surface area contributed by atoms with Crippen molar-refractivity contribution >= 4 is 22.0 Å². The predicted octanol–water partition coefficient (Wildman–Crippen LogP) is 3.23. The van der Waals surface area contributed by atoms with Crippen LogP contribution in [0.15, 0.2) is 59.5 Å². The van der Waals surface area contributed by atoms with E-state index < -0.39 is 21.5 Å². The Labute approximate surface area is 159 Å². The maximum Gasteiger partial charge on any atom is 0.244 e. The Morgan fingerprint density at radius 2 is 1.81 bits per heavy atom. The number of hydrogen-bond acceptors (Lipinski definition) is 3. The van der Waals surface area contributed by atoms with Crippen LogP contribution in [0.3, 0.4) is 0 Å². The van der Waals surface area contributed by atoms with Crippen LogP contribution in [0.2, 0.25) is 0 Å². The molecule has 0 saturated heterocycles. The van der Waals surface area contributed by atoms with Crippen LogP contribution in [-0.2, 0) is 21.4 Å². The van der Waals surface area contributed by atoms with Crippen LogP contribution in [-0.4, -0.2) is 19.9 Å². The van der Waals surface area contributed by atoms with Crippen molar-refractivity contribution in [2.45, 2.75) is 37.8 Å². The van der Waals surface area contributed by atoms with Gasteiger partial charge in [-0.2, -0.15) is 0 Å². The summed E-state index contributed by atoms with van der Waals surface area (Å²) in [6.45, 7) is 5.32. The SMILES string of the molecule is CC(C)(C)NS(=O)(=O)c1ccccc1CNC(=O)C=Cc1cccc(F)c1. The maximum absolute atomic E-state index is 13.1. The van der Waals surface area contributed by atoms with E-state index in [1.54, 1.807) is 51.1 Å². The Morgan fingerprint density at radius 3 is 2.48 bits per heavy atom. The molecule has 0 bridgehead atoms. The zero-order valence-corrected chi connectivity index (χ0v) is 16.3. The average molecular weight is 390 g/mol. The normalized spacial score (nSPS) is 12.3. The molecule has 144 valence electrons. The van der Waals surface area contributed by atoms with E-state index in [0.717, 1.165) is 0 Å². The summed E-state index contributed by atoms with van der Waals surface area (Å²) in [5.41, 5.74) is 0.410. The van der Waals surface area contributed by atoms with Crippen LogP contribution in [0.1, 0.15) is 31.9 Å². The molecule has 0 radical (unpaired) electrons. The third-order valence-electron chi connectivity index (χ3n) is 3.43. The number of benzene rings is 2. The number of sulfonamides is 1. The van der Waals surface area contributed by atoms with Crippen molar-refractivity contribution in [2.24, 2.45) is 0 Å². The first-order valence-electron chi connectivity index (χ1n) is 8.40. The Kier molecular flexibility index (Phi) is 6.51. The summed E-state index contributed by atoms with van der Waals surface area (Å²) in [5, 5.41) is 2.65. The number of rotatable bonds is 6. The van der Waals surface area contributed by atoms with E-state index in [9.17, 15) is 17.6 Å². The summed E-state index contributed by atoms with van der Waals surface area (Å²) in [6, 6.07) is 12.3. The Balaban J connectivity index is 2.09. The van der Waals surface area contributed by atoms with Gasteiger partial charge in [0, 0.05) is 18.2 Å². The lowest BCUT2D eigenvalue weighted by Crippen LogP contribution is -2.41. The molecule has 27 heavy (non-hydrogen) atoms. The number of carbonyl (C=O) groups excluding carboxylic acids is 1. The lowest BCUT2D eigenvalue weighted by atomic mass is 10.1. The van der Waals surface area contributed by atoms with E-state index in [2.05, 4.69) is 10.0 Å². The van der Waals surface area contributed by atoms with Gasteiger partial charge in [0.15, 0.2) is 0 Å². The largest absolute Gasteiger partial charge is 0.348 e. The Bertz CT molecular complexity index is 948. The molecule has 0 unspecified atom stereocenters. The van der Waals surface area contributed by atoms with E-state index in [4.69, 9.17) is 0 Å². The quantitative estimate of drug-likeness (QED) is 0.744. The van der Waals surface area contributed by atoms with Crippen LogP contribution in [0.5, 0.6) is 0 Å². The third kappa shape index (κ3) is 6.62. The highest BCUT2D eigenvalue weighted by atomic mass is 32.2. The number of nitrogens with one attached hydrogen (secondary N) is 2. The van der Waals surface area contributed by atoms with Gasteiger partial charge in [-0.05, 0) is 56.2 Å². The molecule has 0 aliphatic heterocycles. The molecule has 2 aromatic carbocycles. The Morgan fingerprint density at radius 1 is 1.11 bits per heavy atom. The molecule has 7 heteroatoms. The molecule has 1 amide bonds. The fraction of sp³-hybridized carbons (Fsp3) is 0.250. The number of carbonyl (C=O) groups is 1. The van der Waals surface area contributed by atoms with Gasteiger partial charge in [0.2, 0.25) is 15.9 Å². The summed E-state index contributed by atoms with van der Waals surface area (Å²) < 4.78 is 40.9. The molecule has 0 heterocycles. The number of amides is 1. The van der Waals surface area contributed by atoms with Crippen LogP contribution in [0.4, 0.5) is 4.39 Å². The molecule has 2 N–H and O–H groups in total. The smallest absolute Gasteiger partial charge is 0.244 e. The van der Waals surface area contributed by atoms with Crippen molar-refractivity contribution in [1.29, 1.82) is 0 Å². The molecule has 2 aromatic rings. The summed E-state index contributed by atoms with van der Waals surface area (Å²) in [5.74, 6) is -0.793. The van der Waals surface area contributed by atoms with Crippen molar-refractivity contribution in [2.75, 3.05) is 0 Å². The summed E-state index contributed by atoms with van der Waals surface area (Å²) >= 11 is 0. The molecule has 2 rings (SSSR count). The van der Waals surface area contributed by atoms with Gasteiger partial charge < -0.3 is 5.32 Å². The highest BCUT2D eigenvalue weighted by Crippen LogP contribution is 2.17. The van der Waals surface area contributed by atoms with E-state index in [1.807, 2.05) is 0 Å². The first-order chi connectivity index (χ1) is 12.6. The standard InChI is InChI=1S/C20H23FN2O3S/c1-20(2,3)23-27(25,26)18-10-5-4-8-16(18)14-22-19(24)12-11-15-7-6-9-17(21)13-15/h4-13,23H,14H2,1-3H3,(H,22,24). The second kappa shape index (κ2) is 8.45. The molecule has 5 nitrogen and oxygen atoms in total. The zero-order chi connectivity index (χ0) is 20.1. The minimum Gasteiger partial charge on any atom is -0.348 e. The van der Waals surface area contributed by atoms with Crippen LogP contribution >= 0.6 is 0 Å². The maximum atomic E-state index is 13.1. The first-order valence-corrected chi connectivity index (χ1v) is 9.88. The second-order valence-corrected chi connectivity index (χ2v) is 8.72. The number of halogens is 1.